The van der Waals surface area contributed by atoms with Crippen molar-refractivity contribution in [3.8, 4) is 0 Å². The summed E-state index contributed by atoms with van der Waals surface area (Å²) in [6.45, 7) is 1.81. The van der Waals surface area contributed by atoms with Crippen molar-refractivity contribution in [1.82, 2.24) is 5.32 Å². The Hall–Kier alpha value is -3.42. The van der Waals surface area contributed by atoms with Crippen molar-refractivity contribution >= 4 is 23.3 Å². The largest absolute Gasteiger partial charge is 0.449 e. The van der Waals surface area contributed by atoms with Gasteiger partial charge in [0, 0.05) is 24.4 Å². The molecule has 3 N–H and O–H groups in total. The smallest absolute Gasteiger partial charge is 0.341 e. The highest BCUT2D eigenvalue weighted by Gasteiger charge is 2.22. The maximum Gasteiger partial charge on any atom is 0.341 e. The number of nitrogens with one attached hydrogen (secondary N) is 1. The van der Waals surface area contributed by atoms with Crippen LogP contribution in [0.5, 0.6) is 0 Å². The quantitative estimate of drug-likeness (QED) is 0.338. The molecule has 8 heteroatoms. The van der Waals surface area contributed by atoms with E-state index in [0.717, 1.165) is 11.6 Å². The number of esters is 1. The van der Waals surface area contributed by atoms with Crippen molar-refractivity contribution in [2.75, 3.05) is 12.3 Å². The van der Waals surface area contributed by atoms with Gasteiger partial charge in [-0.2, -0.15) is 0 Å². The van der Waals surface area contributed by atoms with Crippen LogP contribution in [0, 0.1) is 10.1 Å². The maximum absolute atomic E-state index is 12.1. The number of non-ortho nitro benzene ring substituents is 1. The lowest BCUT2D eigenvalue weighted by Gasteiger charge is -2.14. The number of anilines is 1. The number of nitrogen functional groups attached to an aromatic ring is 1. The van der Waals surface area contributed by atoms with Gasteiger partial charge in [-0.05, 0) is 25.0 Å². The molecule has 0 saturated heterocycles. The first-order valence-electron chi connectivity index (χ1n) is 7.95. The van der Waals surface area contributed by atoms with Crippen LogP contribution in [0.4, 0.5) is 11.4 Å². The van der Waals surface area contributed by atoms with E-state index >= 15 is 0 Å². The molecule has 0 radical (unpaired) electrons. The number of nitrogens with zero attached hydrogens (tertiary/aromatic N) is 1. The summed E-state index contributed by atoms with van der Waals surface area (Å²) < 4.78 is 5.06. The summed E-state index contributed by atoms with van der Waals surface area (Å²) >= 11 is 0. The van der Waals surface area contributed by atoms with E-state index in [2.05, 4.69) is 5.32 Å². The average Bonchev–Trinajstić information content (AvgIpc) is 2.62. The van der Waals surface area contributed by atoms with Crippen LogP contribution in [0.2, 0.25) is 0 Å². The number of carbonyl (C=O) groups is 2. The van der Waals surface area contributed by atoms with Crippen LogP contribution in [0.25, 0.3) is 0 Å². The Morgan fingerprint density at radius 1 is 1.23 bits per heavy atom. The molecule has 0 aliphatic heterocycles. The zero-order chi connectivity index (χ0) is 19.1. The van der Waals surface area contributed by atoms with E-state index in [-0.39, 0.29) is 16.9 Å². The predicted molar refractivity (Wildman–Crippen MR) is 95.5 cm³/mol. The van der Waals surface area contributed by atoms with Gasteiger partial charge in [0.15, 0.2) is 6.10 Å². The van der Waals surface area contributed by atoms with Gasteiger partial charge in [0.1, 0.15) is 0 Å². The zero-order valence-corrected chi connectivity index (χ0v) is 14.2. The fourth-order valence-corrected chi connectivity index (χ4v) is 2.23. The molecule has 0 bridgehead atoms. The molecule has 0 spiro atoms. The number of hydrogen-bond donors (Lipinski definition) is 2. The minimum atomic E-state index is -1.06. The number of rotatable bonds is 7. The van der Waals surface area contributed by atoms with Crippen molar-refractivity contribution < 1.29 is 19.2 Å². The van der Waals surface area contributed by atoms with Crippen LogP contribution in [0.3, 0.4) is 0 Å². The van der Waals surface area contributed by atoms with Crippen LogP contribution < -0.4 is 11.1 Å². The van der Waals surface area contributed by atoms with Crippen molar-refractivity contribution in [2.24, 2.45) is 0 Å². The van der Waals surface area contributed by atoms with Gasteiger partial charge in [-0.1, -0.05) is 30.3 Å². The standard InChI is InChI=1S/C18H19N3O5/c1-12(17(22)20-10-9-13-5-3-2-4-6-13)26-18(23)15-11-14(21(24)25)7-8-16(15)19/h2-8,11-12H,9-10,19H2,1H3,(H,20,22)/t12-/m0/s1. The number of carbonyl (C=O) groups excluding carboxylic acids is 2. The highest BCUT2D eigenvalue weighted by atomic mass is 16.6. The van der Waals surface area contributed by atoms with Crippen LogP contribution >= 0.6 is 0 Å². The Balaban J connectivity index is 1.91. The van der Waals surface area contributed by atoms with Crippen molar-refractivity contribution in [2.45, 2.75) is 19.4 Å². The number of nitro benzene ring substituents is 1. The summed E-state index contributed by atoms with van der Waals surface area (Å²) in [5.41, 5.74) is 6.34. The first kappa shape index (κ1) is 18.9. The van der Waals surface area contributed by atoms with Gasteiger partial charge in [0.2, 0.25) is 0 Å². The molecule has 0 unspecified atom stereocenters. The Kier molecular flexibility index (Phi) is 6.26. The van der Waals surface area contributed by atoms with E-state index in [9.17, 15) is 19.7 Å². The first-order valence-corrected chi connectivity index (χ1v) is 7.95. The molecule has 0 aromatic heterocycles. The molecule has 0 fully saturated rings. The van der Waals surface area contributed by atoms with Crippen molar-refractivity contribution in [3.63, 3.8) is 0 Å². The van der Waals surface area contributed by atoms with Crippen LogP contribution in [0.15, 0.2) is 48.5 Å². The predicted octanol–water partition coefficient (Wildman–Crippen LogP) is 2.08. The molecule has 2 aromatic carbocycles. The van der Waals surface area contributed by atoms with E-state index in [0.29, 0.717) is 13.0 Å². The summed E-state index contributed by atoms with van der Waals surface area (Å²) in [5, 5.41) is 13.5. The fourth-order valence-electron chi connectivity index (χ4n) is 2.23. The molecule has 0 aliphatic rings. The van der Waals surface area contributed by atoms with Gasteiger partial charge < -0.3 is 15.8 Å². The third-order valence-corrected chi connectivity index (χ3v) is 3.68. The Bertz CT molecular complexity index is 808. The monoisotopic (exact) mass is 357 g/mol. The molecular formula is C18H19N3O5. The Morgan fingerprint density at radius 3 is 2.58 bits per heavy atom. The lowest BCUT2D eigenvalue weighted by atomic mass is 10.1. The molecular weight excluding hydrogens is 338 g/mol. The molecule has 1 atom stereocenters. The number of amides is 1. The molecule has 136 valence electrons. The highest BCUT2D eigenvalue weighted by Crippen LogP contribution is 2.20. The zero-order valence-electron chi connectivity index (χ0n) is 14.2. The number of nitro groups is 1. The first-order chi connectivity index (χ1) is 12.4. The van der Waals surface area contributed by atoms with Crippen LogP contribution in [0.1, 0.15) is 22.8 Å². The number of nitrogens with two attached hydrogens (primary N) is 1. The van der Waals surface area contributed by atoms with Gasteiger partial charge in [0.25, 0.3) is 11.6 Å². The molecule has 0 aliphatic carbocycles. The van der Waals surface area contributed by atoms with Crippen molar-refractivity contribution in [1.29, 1.82) is 0 Å². The molecule has 26 heavy (non-hydrogen) atoms. The van der Waals surface area contributed by atoms with Gasteiger partial charge in [-0.25, -0.2) is 4.79 Å². The maximum atomic E-state index is 12.1. The second-order valence-corrected chi connectivity index (χ2v) is 5.60. The van der Waals surface area contributed by atoms with E-state index < -0.39 is 22.9 Å². The summed E-state index contributed by atoms with van der Waals surface area (Å²) in [4.78, 5) is 34.3. The Morgan fingerprint density at radius 2 is 1.92 bits per heavy atom. The Labute approximate surface area is 150 Å². The lowest BCUT2D eigenvalue weighted by Crippen LogP contribution is -2.37. The summed E-state index contributed by atoms with van der Waals surface area (Å²) in [7, 11) is 0. The second-order valence-electron chi connectivity index (χ2n) is 5.60. The topological polar surface area (TPSA) is 125 Å². The highest BCUT2D eigenvalue weighted by molar-refractivity contribution is 5.97. The summed E-state index contributed by atoms with van der Waals surface area (Å²) in [5.74, 6) is -1.35. The summed E-state index contributed by atoms with van der Waals surface area (Å²) in [6, 6.07) is 13.1. The number of hydrogen-bond acceptors (Lipinski definition) is 6. The van der Waals surface area contributed by atoms with Gasteiger partial charge in [-0.15, -0.1) is 0 Å². The molecule has 2 aromatic rings. The minimum Gasteiger partial charge on any atom is -0.449 e. The van der Waals surface area contributed by atoms with E-state index in [1.165, 1.54) is 19.1 Å². The fraction of sp³-hybridized carbons (Fsp3) is 0.222. The molecule has 2 rings (SSSR count). The van der Waals surface area contributed by atoms with Crippen LogP contribution in [-0.4, -0.2) is 29.4 Å². The van der Waals surface area contributed by atoms with Gasteiger partial charge in [-0.3, -0.25) is 14.9 Å². The van der Waals surface area contributed by atoms with Crippen molar-refractivity contribution in [3.05, 3.63) is 69.8 Å². The minimum absolute atomic E-state index is 0.0392. The third kappa shape index (κ3) is 5.04. The molecule has 0 saturated carbocycles. The van der Waals surface area contributed by atoms with Gasteiger partial charge in [0.05, 0.1) is 10.5 Å². The van der Waals surface area contributed by atoms with E-state index in [1.54, 1.807) is 0 Å². The molecule has 0 heterocycles. The lowest BCUT2D eigenvalue weighted by molar-refractivity contribution is -0.384. The number of benzene rings is 2. The second kappa shape index (κ2) is 8.61. The third-order valence-electron chi connectivity index (χ3n) is 3.68. The SMILES string of the molecule is C[C@H](OC(=O)c1cc([N+](=O)[O-])ccc1N)C(=O)NCCc1ccccc1. The average molecular weight is 357 g/mol. The molecule has 1 amide bonds. The molecule has 8 nitrogen and oxygen atoms in total. The number of ether oxygens (including phenoxy) is 1. The van der Waals surface area contributed by atoms with Gasteiger partial charge >= 0.3 is 5.97 Å². The normalized spacial score (nSPS) is 11.4. The van der Waals surface area contributed by atoms with Crippen LogP contribution in [-0.2, 0) is 16.0 Å². The van der Waals surface area contributed by atoms with E-state index in [1.807, 2.05) is 30.3 Å². The summed E-state index contributed by atoms with van der Waals surface area (Å²) in [6.07, 6.45) is -0.414. The van der Waals surface area contributed by atoms with E-state index in [4.69, 9.17) is 10.5 Å².